The van der Waals surface area contributed by atoms with E-state index in [1.807, 2.05) is 6.92 Å². The molecule has 1 heterocycles. The van der Waals surface area contributed by atoms with E-state index < -0.39 is 24.0 Å². The molecule has 0 saturated carbocycles. The van der Waals surface area contributed by atoms with Gasteiger partial charge in [0.15, 0.2) is 11.8 Å². The summed E-state index contributed by atoms with van der Waals surface area (Å²) in [4.78, 5) is 48.4. The number of urea groups is 1. The number of ether oxygens (including phenoxy) is 1. The SMILES string of the molecule is CCCn1nc(C(=O)O[C@@H](C)C(=O)NC(=O)NCC)c2ccccc2c1=O. The summed E-state index contributed by atoms with van der Waals surface area (Å²) in [5, 5.41) is 9.28. The number of fused-ring (bicyclic) bond motifs is 1. The standard InChI is InChI=1S/C18H22N4O5/c1-4-10-22-16(24)13-9-7-6-8-12(13)14(21-22)17(25)27-11(3)15(23)20-18(26)19-5-2/h6-9,11H,4-5,10H2,1-3H3,(H2,19,20,23,26)/t11-/m0/s1. The topological polar surface area (TPSA) is 119 Å². The molecule has 0 aliphatic carbocycles. The van der Waals surface area contributed by atoms with E-state index in [1.165, 1.54) is 11.6 Å². The average molecular weight is 374 g/mol. The summed E-state index contributed by atoms with van der Waals surface area (Å²) in [5.41, 5.74) is -0.359. The number of benzene rings is 1. The van der Waals surface area contributed by atoms with Crippen molar-refractivity contribution in [3.05, 3.63) is 40.3 Å². The zero-order chi connectivity index (χ0) is 20.0. The fourth-order valence-corrected chi connectivity index (χ4v) is 2.44. The smallest absolute Gasteiger partial charge is 0.360 e. The third kappa shape index (κ3) is 4.69. The Balaban J connectivity index is 2.29. The predicted molar refractivity (Wildman–Crippen MR) is 98.4 cm³/mol. The largest absolute Gasteiger partial charge is 0.448 e. The Morgan fingerprint density at radius 1 is 1.19 bits per heavy atom. The second kappa shape index (κ2) is 8.93. The molecular weight excluding hydrogens is 352 g/mol. The average Bonchev–Trinajstić information content (AvgIpc) is 2.64. The van der Waals surface area contributed by atoms with E-state index in [1.54, 1.807) is 31.2 Å². The summed E-state index contributed by atoms with van der Waals surface area (Å²) in [6.45, 7) is 5.63. The Labute approximate surface area is 155 Å². The summed E-state index contributed by atoms with van der Waals surface area (Å²) in [7, 11) is 0. The zero-order valence-electron chi connectivity index (χ0n) is 15.4. The van der Waals surface area contributed by atoms with E-state index in [-0.39, 0.29) is 11.3 Å². The highest BCUT2D eigenvalue weighted by Crippen LogP contribution is 2.15. The van der Waals surface area contributed by atoms with Gasteiger partial charge >= 0.3 is 12.0 Å². The lowest BCUT2D eigenvalue weighted by atomic mass is 10.1. The number of imide groups is 1. The fraction of sp³-hybridized carbons (Fsp3) is 0.389. The number of hydrogen-bond acceptors (Lipinski definition) is 6. The minimum absolute atomic E-state index is 0.0590. The van der Waals surface area contributed by atoms with E-state index in [0.717, 1.165) is 0 Å². The molecule has 0 bridgehead atoms. The summed E-state index contributed by atoms with van der Waals surface area (Å²) in [6, 6.07) is 5.89. The molecule has 0 fully saturated rings. The van der Waals surface area contributed by atoms with Crippen LogP contribution in [0, 0.1) is 0 Å². The van der Waals surface area contributed by atoms with Crippen molar-refractivity contribution in [2.24, 2.45) is 0 Å². The maximum atomic E-state index is 12.6. The quantitative estimate of drug-likeness (QED) is 0.733. The summed E-state index contributed by atoms with van der Waals surface area (Å²) < 4.78 is 6.36. The molecule has 27 heavy (non-hydrogen) atoms. The molecule has 0 radical (unpaired) electrons. The summed E-state index contributed by atoms with van der Waals surface area (Å²) in [6.07, 6.45) is -0.558. The van der Waals surface area contributed by atoms with Crippen molar-refractivity contribution >= 4 is 28.7 Å². The molecule has 144 valence electrons. The van der Waals surface area contributed by atoms with Crippen LogP contribution < -0.4 is 16.2 Å². The number of esters is 1. The van der Waals surface area contributed by atoms with Crippen molar-refractivity contribution in [2.75, 3.05) is 6.54 Å². The third-order valence-electron chi connectivity index (χ3n) is 3.72. The van der Waals surface area contributed by atoms with Crippen molar-refractivity contribution < 1.29 is 19.1 Å². The van der Waals surface area contributed by atoms with Crippen LogP contribution in [0.3, 0.4) is 0 Å². The molecule has 1 aromatic carbocycles. The molecule has 2 rings (SSSR count). The van der Waals surface area contributed by atoms with Crippen LogP contribution in [0.15, 0.2) is 29.1 Å². The molecule has 0 aliphatic rings. The van der Waals surface area contributed by atoms with Gasteiger partial charge in [-0.05, 0) is 26.3 Å². The molecule has 2 aromatic rings. The maximum Gasteiger partial charge on any atom is 0.360 e. The number of aryl methyl sites for hydroxylation is 1. The molecule has 2 N–H and O–H groups in total. The lowest BCUT2D eigenvalue weighted by Gasteiger charge is -2.14. The van der Waals surface area contributed by atoms with Crippen LogP contribution in [-0.2, 0) is 16.1 Å². The van der Waals surface area contributed by atoms with E-state index in [4.69, 9.17) is 4.74 Å². The number of hydrogen-bond donors (Lipinski definition) is 2. The highest BCUT2D eigenvalue weighted by atomic mass is 16.5. The first-order valence-corrected chi connectivity index (χ1v) is 8.68. The highest BCUT2D eigenvalue weighted by Gasteiger charge is 2.24. The van der Waals surface area contributed by atoms with Gasteiger partial charge in [-0.2, -0.15) is 5.10 Å². The molecule has 9 heteroatoms. The molecule has 0 unspecified atom stereocenters. The van der Waals surface area contributed by atoms with E-state index in [2.05, 4.69) is 15.7 Å². The molecule has 1 aromatic heterocycles. The Hall–Kier alpha value is -3.23. The van der Waals surface area contributed by atoms with Crippen LogP contribution in [0.2, 0.25) is 0 Å². The minimum atomic E-state index is -1.22. The van der Waals surface area contributed by atoms with Gasteiger partial charge < -0.3 is 10.1 Å². The van der Waals surface area contributed by atoms with E-state index in [9.17, 15) is 19.2 Å². The predicted octanol–water partition coefficient (Wildman–Crippen LogP) is 1.20. The Morgan fingerprint density at radius 3 is 2.48 bits per heavy atom. The van der Waals surface area contributed by atoms with Crippen LogP contribution in [0.25, 0.3) is 10.8 Å². The van der Waals surface area contributed by atoms with Crippen LogP contribution in [0.4, 0.5) is 4.79 Å². The monoisotopic (exact) mass is 374 g/mol. The molecule has 0 aliphatic heterocycles. The van der Waals surface area contributed by atoms with Gasteiger partial charge in [0.2, 0.25) is 0 Å². The number of amides is 3. The van der Waals surface area contributed by atoms with Crippen molar-refractivity contribution in [2.45, 2.75) is 39.8 Å². The number of carbonyl (C=O) groups excluding carboxylic acids is 3. The number of rotatable bonds is 6. The van der Waals surface area contributed by atoms with Gasteiger partial charge in [-0.1, -0.05) is 25.1 Å². The molecule has 3 amide bonds. The first kappa shape index (κ1) is 20.1. The van der Waals surface area contributed by atoms with Crippen LogP contribution in [-0.4, -0.2) is 40.3 Å². The number of nitrogens with one attached hydrogen (secondary N) is 2. The zero-order valence-corrected chi connectivity index (χ0v) is 15.4. The molecule has 0 saturated heterocycles. The highest BCUT2D eigenvalue weighted by molar-refractivity contribution is 6.03. The second-order valence-corrected chi connectivity index (χ2v) is 5.82. The lowest BCUT2D eigenvalue weighted by molar-refractivity contribution is -0.127. The van der Waals surface area contributed by atoms with Crippen molar-refractivity contribution in [3.63, 3.8) is 0 Å². The normalized spacial score (nSPS) is 11.7. The number of nitrogens with zero attached hydrogens (tertiary/aromatic N) is 2. The van der Waals surface area contributed by atoms with Crippen LogP contribution in [0.5, 0.6) is 0 Å². The van der Waals surface area contributed by atoms with Crippen LogP contribution >= 0.6 is 0 Å². The van der Waals surface area contributed by atoms with Crippen molar-refractivity contribution in [3.8, 4) is 0 Å². The van der Waals surface area contributed by atoms with Gasteiger partial charge in [0.25, 0.3) is 11.5 Å². The van der Waals surface area contributed by atoms with Crippen LogP contribution in [0.1, 0.15) is 37.7 Å². The molecule has 1 atom stereocenters. The lowest BCUT2D eigenvalue weighted by Crippen LogP contribution is -2.44. The maximum absolute atomic E-state index is 12.6. The van der Waals surface area contributed by atoms with Gasteiger partial charge in [-0.15, -0.1) is 0 Å². The first-order chi connectivity index (χ1) is 12.9. The van der Waals surface area contributed by atoms with E-state index in [0.29, 0.717) is 30.3 Å². The molecule has 0 spiro atoms. The molecule has 9 nitrogen and oxygen atoms in total. The van der Waals surface area contributed by atoms with Gasteiger partial charge in [-0.3, -0.25) is 14.9 Å². The number of aromatic nitrogens is 2. The molecular formula is C18H22N4O5. The van der Waals surface area contributed by atoms with Gasteiger partial charge in [0, 0.05) is 18.5 Å². The van der Waals surface area contributed by atoms with Gasteiger partial charge in [-0.25, -0.2) is 14.3 Å². The van der Waals surface area contributed by atoms with Gasteiger partial charge in [0.05, 0.1) is 5.39 Å². The Morgan fingerprint density at radius 2 is 1.85 bits per heavy atom. The van der Waals surface area contributed by atoms with Crippen molar-refractivity contribution in [1.82, 2.24) is 20.4 Å². The minimum Gasteiger partial charge on any atom is -0.448 e. The first-order valence-electron chi connectivity index (χ1n) is 8.68. The summed E-state index contributed by atoms with van der Waals surface area (Å²) in [5.74, 6) is -1.62. The number of carbonyl (C=O) groups is 3. The van der Waals surface area contributed by atoms with Gasteiger partial charge in [0.1, 0.15) is 0 Å². The summed E-state index contributed by atoms with van der Waals surface area (Å²) >= 11 is 0. The Bertz CT molecular complexity index is 922. The Kier molecular flexibility index (Phi) is 6.64. The van der Waals surface area contributed by atoms with E-state index >= 15 is 0 Å². The fourth-order valence-electron chi connectivity index (χ4n) is 2.44. The third-order valence-corrected chi connectivity index (χ3v) is 3.72. The van der Waals surface area contributed by atoms with Crippen molar-refractivity contribution in [1.29, 1.82) is 0 Å². The second-order valence-electron chi connectivity index (χ2n) is 5.82.